The summed E-state index contributed by atoms with van der Waals surface area (Å²) in [5.41, 5.74) is 4.51. The summed E-state index contributed by atoms with van der Waals surface area (Å²) in [6.07, 6.45) is 0. The first-order chi connectivity index (χ1) is 13.5. The van der Waals surface area contributed by atoms with Crippen LogP contribution in [0.5, 0.6) is 0 Å². The Bertz CT molecular complexity index is 891. The lowest BCUT2D eigenvalue weighted by molar-refractivity contribution is -0.144. The van der Waals surface area contributed by atoms with Crippen LogP contribution in [-0.4, -0.2) is 16.7 Å². The highest BCUT2D eigenvalue weighted by atomic mass is 16.2. The predicted octanol–water partition coefficient (Wildman–Crippen LogP) is 4.47. The summed E-state index contributed by atoms with van der Waals surface area (Å²) in [6, 6.07) is 25.1. The fourth-order valence-electron chi connectivity index (χ4n) is 3.13. The number of hydrogen-bond acceptors (Lipinski definition) is 2. The van der Waals surface area contributed by atoms with E-state index in [0.717, 1.165) is 22.3 Å². The molecule has 4 heteroatoms. The fourth-order valence-corrected chi connectivity index (χ4v) is 3.13. The standard InChI is InChI=1S/C24H24N2O2/c1-18-10-9-11-19(2)22(18)25-23(27)24(28)26(16-20-12-5-3-6-13-20)17-21-14-7-4-8-15-21/h3-15H,16-17H2,1-2H3,(H,25,27). The molecular weight excluding hydrogens is 348 g/mol. The first kappa shape index (κ1) is 19.4. The maximum absolute atomic E-state index is 13.0. The molecule has 0 radical (unpaired) electrons. The number of para-hydroxylation sites is 1. The van der Waals surface area contributed by atoms with Gasteiger partial charge in [-0.1, -0.05) is 78.9 Å². The Labute approximate surface area is 165 Å². The number of benzene rings is 3. The van der Waals surface area contributed by atoms with E-state index < -0.39 is 11.8 Å². The van der Waals surface area contributed by atoms with Gasteiger partial charge in [0.05, 0.1) is 0 Å². The van der Waals surface area contributed by atoms with Gasteiger partial charge in [-0.25, -0.2) is 0 Å². The molecule has 0 saturated carbocycles. The molecule has 0 atom stereocenters. The first-order valence-electron chi connectivity index (χ1n) is 9.29. The highest BCUT2D eigenvalue weighted by Gasteiger charge is 2.23. The van der Waals surface area contributed by atoms with E-state index in [0.29, 0.717) is 18.8 Å². The Hall–Kier alpha value is -3.40. The Morgan fingerprint density at radius 2 is 1.18 bits per heavy atom. The molecule has 3 aromatic carbocycles. The zero-order valence-electron chi connectivity index (χ0n) is 16.2. The normalized spacial score (nSPS) is 10.4. The van der Waals surface area contributed by atoms with E-state index in [1.165, 1.54) is 0 Å². The van der Waals surface area contributed by atoms with Crippen molar-refractivity contribution in [3.8, 4) is 0 Å². The van der Waals surface area contributed by atoms with Crippen LogP contribution >= 0.6 is 0 Å². The van der Waals surface area contributed by atoms with Crippen LogP contribution in [0.25, 0.3) is 0 Å². The van der Waals surface area contributed by atoms with Crippen LogP contribution in [0.2, 0.25) is 0 Å². The average Bonchev–Trinajstić information content (AvgIpc) is 2.71. The summed E-state index contributed by atoms with van der Waals surface area (Å²) in [5, 5.41) is 2.80. The lowest BCUT2D eigenvalue weighted by Crippen LogP contribution is -2.39. The minimum atomic E-state index is -0.621. The molecule has 28 heavy (non-hydrogen) atoms. The minimum absolute atomic E-state index is 0.370. The highest BCUT2D eigenvalue weighted by Crippen LogP contribution is 2.20. The third-order valence-corrected chi connectivity index (χ3v) is 4.63. The first-order valence-corrected chi connectivity index (χ1v) is 9.29. The number of hydrogen-bond donors (Lipinski definition) is 1. The molecule has 0 saturated heterocycles. The number of rotatable bonds is 5. The molecule has 4 nitrogen and oxygen atoms in total. The van der Waals surface area contributed by atoms with Gasteiger partial charge in [0.25, 0.3) is 0 Å². The van der Waals surface area contributed by atoms with E-state index in [1.807, 2.05) is 92.7 Å². The summed E-state index contributed by atoms with van der Waals surface area (Å²) in [4.78, 5) is 27.3. The van der Waals surface area contributed by atoms with Crippen molar-refractivity contribution in [3.05, 3.63) is 101 Å². The molecule has 3 aromatic rings. The van der Waals surface area contributed by atoms with Crippen LogP contribution in [0, 0.1) is 13.8 Å². The Morgan fingerprint density at radius 3 is 1.64 bits per heavy atom. The number of anilines is 1. The summed E-state index contributed by atoms with van der Waals surface area (Å²) in [5.74, 6) is -1.17. The molecule has 0 aliphatic heterocycles. The van der Waals surface area contributed by atoms with Gasteiger partial charge in [0, 0.05) is 18.8 Å². The average molecular weight is 372 g/mol. The largest absolute Gasteiger partial charge is 0.326 e. The smallest absolute Gasteiger partial charge is 0.313 e. The van der Waals surface area contributed by atoms with Gasteiger partial charge in [-0.15, -0.1) is 0 Å². The number of amides is 2. The Morgan fingerprint density at radius 1 is 0.714 bits per heavy atom. The number of carbonyl (C=O) groups excluding carboxylic acids is 2. The molecule has 0 bridgehead atoms. The number of carbonyl (C=O) groups is 2. The molecule has 0 heterocycles. The maximum atomic E-state index is 13.0. The molecule has 1 N–H and O–H groups in total. The summed E-state index contributed by atoms with van der Waals surface area (Å²) >= 11 is 0. The zero-order valence-corrected chi connectivity index (χ0v) is 16.2. The van der Waals surface area contributed by atoms with Gasteiger partial charge >= 0.3 is 11.8 Å². The minimum Gasteiger partial charge on any atom is -0.326 e. The van der Waals surface area contributed by atoms with Crippen molar-refractivity contribution in [1.82, 2.24) is 4.90 Å². The quantitative estimate of drug-likeness (QED) is 0.672. The van der Waals surface area contributed by atoms with Gasteiger partial charge in [0.15, 0.2) is 0 Å². The zero-order chi connectivity index (χ0) is 19.9. The van der Waals surface area contributed by atoms with Crippen LogP contribution in [0.1, 0.15) is 22.3 Å². The molecule has 0 aliphatic rings. The lowest BCUT2D eigenvalue weighted by atomic mass is 10.1. The van der Waals surface area contributed by atoms with Crippen molar-refractivity contribution < 1.29 is 9.59 Å². The van der Waals surface area contributed by atoms with Crippen LogP contribution in [-0.2, 0) is 22.7 Å². The van der Waals surface area contributed by atoms with Crippen molar-refractivity contribution >= 4 is 17.5 Å². The molecule has 0 aliphatic carbocycles. The molecule has 0 aromatic heterocycles. The molecule has 0 spiro atoms. The summed E-state index contributed by atoms with van der Waals surface area (Å²) in [6.45, 7) is 4.57. The van der Waals surface area contributed by atoms with Crippen molar-refractivity contribution in [2.45, 2.75) is 26.9 Å². The summed E-state index contributed by atoms with van der Waals surface area (Å²) < 4.78 is 0. The highest BCUT2D eigenvalue weighted by molar-refractivity contribution is 6.39. The lowest BCUT2D eigenvalue weighted by Gasteiger charge is -2.23. The van der Waals surface area contributed by atoms with Gasteiger partial charge in [-0.2, -0.15) is 0 Å². The van der Waals surface area contributed by atoms with Crippen LogP contribution in [0.3, 0.4) is 0 Å². The van der Waals surface area contributed by atoms with Gasteiger partial charge in [0.1, 0.15) is 0 Å². The molecular formula is C24H24N2O2. The van der Waals surface area contributed by atoms with Gasteiger partial charge < -0.3 is 10.2 Å². The summed E-state index contributed by atoms with van der Waals surface area (Å²) in [7, 11) is 0. The third kappa shape index (κ3) is 4.86. The van der Waals surface area contributed by atoms with Gasteiger partial charge in [-0.05, 0) is 36.1 Å². The monoisotopic (exact) mass is 372 g/mol. The van der Waals surface area contributed by atoms with Crippen molar-refractivity contribution in [1.29, 1.82) is 0 Å². The predicted molar refractivity (Wildman–Crippen MR) is 112 cm³/mol. The van der Waals surface area contributed by atoms with E-state index >= 15 is 0 Å². The molecule has 0 fully saturated rings. The topological polar surface area (TPSA) is 49.4 Å². The van der Waals surface area contributed by atoms with Crippen LogP contribution in [0.4, 0.5) is 5.69 Å². The molecule has 2 amide bonds. The second kappa shape index (κ2) is 9.00. The number of nitrogens with zero attached hydrogens (tertiary/aromatic N) is 1. The third-order valence-electron chi connectivity index (χ3n) is 4.63. The van der Waals surface area contributed by atoms with E-state index in [-0.39, 0.29) is 0 Å². The van der Waals surface area contributed by atoms with Crippen molar-refractivity contribution in [2.24, 2.45) is 0 Å². The molecule has 0 unspecified atom stereocenters. The van der Waals surface area contributed by atoms with Crippen LogP contribution < -0.4 is 5.32 Å². The van der Waals surface area contributed by atoms with E-state index in [4.69, 9.17) is 0 Å². The van der Waals surface area contributed by atoms with Crippen LogP contribution in [0.15, 0.2) is 78.9 Å². The maximum Gasteiger partial charge on any atom is 0.313 e. The Balaban J connectivity index is 1.81. The Kier molecular flexibility index (Phi) is 6.22. The van der Waals surface area contributed by atoms with Gasteiger partial charge in [0.2, 0.25) is 0 Å². The SMILES string of the molecule is Cc1cccc(C)c1NC(=O)C(=O)N(Cc1ccccc1)Cc1ccccc1. The number of nitrogens with one attached hydrogen (secondary N) is 1. The van der Waals surface area contributed by atoms with E-state index in [9.17, 15) is 9.59 Å². The van der Waals surface area contributed by atoms with E-state index in [1.54, 1.807) is 4.90 Å². The molecule has 142 valence electrons. The number of aryl methyl sites for hydroxylation is 2. The second-order valence-corrected chi connectivity index (χ2v) is 6.85. The second-order valence-electron chi connectivity index (χ2n) is 6.85. The van der Waals surface area contributed by atoms with Crippen molar-refractivity contribution in [2.75, 3.05) is 5.32 Å². The van der Waals surface area contributed by atoms with Gasteiger partial charge in [-0.3, -0.25) is 9.59 Å². The van der Waals surface area contributed by atoms with Crippen molar-refractivity contribution in [3.63, 3.8) is 0 Å². The molecule has 3 rings (SSSR count). The van der Waals surface area contributed by atoms with E-state index in [2.05, 4.69) is 5.32 Å². The fraction of sp³-hybridized carbons (Fsp3) is 0.167.